The highest BCUT2D eigenvalue weighted by atomic mass is 35.5. The standard InChI is InChI=1S/C13H20N2O4S.ClH/c1-10-9-11(13(16)19-3)5-6-12(10)20(17,18)15-8-4-7-14-2;/h5-6,9,14-15H,4,7-8H2,1-3H3;1H. The fourth-order valence-electron chi connectivity index (χ4n) is 1.75. The number of hydrogen-bond donors (Lipinski definition) is 2. The summed E-state index contributed by atoms with van der Waals surface area (Å²) in [7, 11) is -0.457. The van der Waals surface area contributed by atoms with Crippen molar-refractivity contribution in [1.29, 1.82) is 0 Å². The van der Waals surface area contributed by atoms with Gasteiger partial charge >= 0.3 is 5.97 Å². The third-order valence-electron chi connectivity index (χ3n) is 2.78. The molecule has 0 saturated carbocycles. The highest BCUT2D eigenvalue weighted by molar-refractivity contribution is 7.89. The molecule has 1 rings (SSSR count). The number of ether oxygens (including phenoxy) is 1. The van der Waals surface area contributed by atoms with Crippen LogP contribution in [0.1, 0.15) is 22.3 Å². The molecule has 0 atom stereocenters. The van der Waals surface area contributed by atoms with Gasteiger partial charge in [-0.15, -0.1) is 12.4 Å². The Morgan fingerprint density at radius 3 is 2.48 bits per heavy atom. The molecule has 0 aliphatic carbocycles. The van der Waals surface area contributed by atoms with E-state index in [4.69, 9.17) is 0 Å². The second-order valence-electron chi connectivity index (χ2n) is 4.33. The number of halogens is 1. The smallest absolute Gasteiger partial charge is 0.337 e. The van der Waals surface area contributed by atoms with Crippen molar-refractivity contribution >= 4 is 28.4 Å². The summed E-state index contributed by atoms with van der Waals surface area (Å²) in [5, 5.41) is 2.95. The molecule has 0 aromatic heterocycles. The van der Waals surface area contributed by atoms with Gasteiger partial charge in [-0.25, -0.2) is 17.9 Å². The van der Waals surface area contributed by atoms with Crippen molar-refractivity contribution in [3.8, 4) is 0 Å². The predicted octanol–water partition coefficient (Wildman–Crippen LogP) is 1.09. The van der Waals surface area contributed by atoms with Crippen LogP contribution in [0.2, 0.25) is 0 Å². The van der Waals surface area contributed by atoms with E-state index in [9.17, 15) is 13.2 Å². The number of aryl methyl sites for hydroxylation is 1. The zero-order chi connectivity index (χ0) is 15.2. The van der Waals surface area contributed by atoms with E-state index in [-0.39, 0.29) is 17.3 Å². The SMILES string of the molecule is CNCCCNS(=O)(=O)c1ccc(C(=O)OC)cc1C.Cl. The topological polar surface area (TPSA) is 84.5 Å². The minimum Gasteiger partial charge on any atom is -0.465 e. The highest BCUT2D eigenvalue weighted by Crippen LogP contribution is 2.17. The molecule has 0 fully saturated rings. The summed E-state index contributed by atoms with van der Waals surface area (Å²) in [6.45, 7) is 2.75. The molecule has 6 nitrogen and oxygen atoms in total. The number of nitrogens with one attached hydrogen (secondary N) is 2. The fraction of sp³-hybridized carbons (Fsp3) is 0.462. The van der Waals surface area contributed by atoms with E-state index in [1.165, 1.54) is 25.3 Å². The normalized spacial score (nSPS) is 10.8. The molecular weight excluding hydrogens is 316 g/mol. The van der Waals surface area contributed by atoms with E-state index in [1.807, 2.05) is 7.05 Å². The average Bonchev–Trinajstić information content (AvgIpc) is 2.42. The molecule has 8 heteroatoms. The molecule has 0 heterocycles. The number of rotatable bonds is 7. The number of carbonyl (C=O) groups is 1. The molecule has 0 spiro atoms. The summed E-state index contributed by atoms with van der Waals surface area (Å²) in [5.41, 5.74) is 0.841. The van der Waals surface area contributed by atoms with Crippen molar-refractivity contribution in [2.24, 2.45) is 0 Å². The summed E-state index contributed by atoms with van der Waals surface area (Å²) < 4.78 is 31.4. The first-order valence-corrected chi connectivity index (χ1v) is 7.74. The van der Waals surface area contributed by atoms with Crippen LogP contribution < -0.4 is 10.0 Å². The van der Waals surface area contributed by atoms with E-state index >= 15 is 0 Å². The predicted molar refractivity (Wildman–Crippen MR) is 83.5 cm³/mol. The van der Waals surface area contributed by atoms with Gasteiger partial charge in [0.1, 0.15) is 0 Å². The maximum Gasteiger partial charge on any atom is 0.337 e. The maximum absolute atomic E-state index is 12.1. The molecule has 2 N–H and O–H groups in total. The van der Waals surface area contributed by atoms with Gasteiger partial charge in [-0.1, -0.05) is 0 Å². The van der Waals surface area contributed by atoms with E-state index in [1.54, 1.807) is 6.92 Å². The van der Waals surface area contributed by atoms with Gasteiger partial charge in [0.05, 0.1) is 17.6 Å². The van der Waals surface area contributed by atoms with E-state index in [0.29, 0.717) is 24.1 Å². The lowest BCUT2D eigenvalue weighted by atomic mass is 10.1. The van der Waals surface area contributed by atoms with Crippen LogP contribution in [-0.4, -0.2) is 41.6 Å². The van der Waals surface area contributed by atoms with Gasteiger partial charge in [-0.2, -0.15) is 0 Å². The Kier molecular flexibility index (Phi) is 8.50. The van der Waals surface area contributed by atoms with Crippen molar-refractivity contribution < 1.29 is 17.9 Å². The van der Waals surface area contributed by atoms with E-state index < -0.39 is 16.0 Å². The lowest BCUT2D eigenvalue weighted by Crippen LogP contribution is -2.27. The summed E-state index contributed by atoms with van der Waals surface area (Å²) in [5.74, 6) is -0.487. The van der Waals surface area contributed by atoms with Gasteiger partial charge in [0.2, 0.25) is 10.0 Å². The Bertz CT molecular complexity index is 576. The van der Waals surface area contributed by atoms with Crippen LogP contribution in [0.15, 0.2) is 23.1 Å². The highest BCUT2D eigenvalue weighted by Gasteiger charge is 2.17. The summed E-state index contributed by atoms with van der Waals surface area (Å²) in [4.78, 5) is 11.6. The monoisotopic (exact) mass is 336 g/mol. The molecule has 1 aromatic carbocycles. The minimum atomic E-state index is -3.55. The number of hydrogen-bond acceptors (Lipinski definition) is 5. The lowest BCUT2D eigenvalue weighted by Gasteiger charge is -2.10. The number of sulfonamides is 1. The quantitative estimate of drug-likeness (QED) is 0.575. The number of esters is 1. The second kappa shape index (κ2) is 8.99. The van der Waals surface area contributed by atoms with Gasteiger partial charge in [-0.3, -0.25) is 0 Å². The Balaban J connectivity index is 0.00000400. The third kappa shape index (κ3) is 5.62. The molecule has 0 aliphatic heterocycles. The zero-order valence-corrected chi connectivity index (χ0v) is 13.9. The van der Waals surface area contributed by atoms with Crippen LogP contribution >= 0.6 is 12.4 Å². The van der Waals surface area contributed by atoms with Gasteiger partial charge in [-0.05, 0) is 50.7 Å². The first-order chi connectivity index (χ1) is 9.42. The molecule has 0 radical (unpaired) electrons. The molecule has 1 aromatic rings. The second-order valence-corrected chi connectivity index (χ2v) is 6.06. The summed E-state index contributed by atoms with van der Waals surface area (Å²) in [6, 6.07) is 4.37. The minimum absolute atomic E-state index is 0. The molecular formula is C13H21ClN2O4S. The van der Waals surface area contributed by atoms with Crippen molar-refractivity contribution in [2.75, 3.05) is 27.2 Å². The van der Waals surface area contributed by atoms with Gasteiger partial charge < -0.3 is 10.1 Å². The van der Waals surface area contributed by atoms with E-state index in [2.05, 4.69) is 14.8 Å². The Morgan fingerprint density at radius 2 is 1.95 bits per heavy atom. The van der Waals surface area contributed by atoms with Crippen molar-refractivity contribution in [3.05, 3.63) is 29.3 Å². The van der Waals surface area contributed by atoms with Gasteiger partial charge in [0, 0.05) is 6.54 Å². The maximum atomic E-state index is 12.1. The van der Waals surface area contributed by atoms with Crippen LogP contribution in [0.5, 0.6) is 0 Å². The van der Waals surface area contributed by atoms with Gasteiger partial charge in [0.15, 0.2) is 0 Å². The number of carbonyl (C=O) groups excluding carboxylic acids is 1. The van der Waals surface area contributed by atoms with Gasteiger partial charge in [0.25, 0.3) is 0 Å². The van der Waals surface area contributed by atoms with Crippen LogP contribution in [0.4, 0.5) is 0 Å². The fourth-order valence-corrected chi connectivity index (χ4v) is 3.04. The zero-order valence-electron chi connectivity index (χ0n) is 12.3. The van der Waals surface area contributed by atoms with Crippen LogP contribution in [-0.2, 0) is 14.8 Å². The third-order valence-corrected chi connectivity index (χ3v) is 4.40. The average molecular weight is 337 g/mol. The Hall–Kier alpha value is -1.15. The first kappa shape index (κ1) is 19.9. The Morgan fingerprint density at radius 1 is 1.29 bits per heavy atom. The molecule has 0 bridgehead atoms. The molecule has 120 valence electrons. The van der Waals surface area contributed by atoms with Crippen molar-refractivity contribution in [2.45, 2.75) is 18.2 Å². The first-order valence-electron chi connectivity index (χ1n) is 6.25. The number of methoxy groups -OCH3 is 1. The summed E-state index contributed by atoms with van der Waals surface area (Å²) >= 11 is 0. The number of benzene rings is 1. The molecule has 0 unspecified atom stereocenters. The van der Waals surface area contributed by atoms with Crippen LogP contribution in [0.3, 0.4) is 0 Å². The summed E-state index contributed by atoms with van der Waals surface area (Å²) in [6.07, 6.45) is 0.703. The van der Waals surface area contributed by atoms with Crippen molar-refractivity contribution in [3.63, 3.8) is 0 Å². The largest absolute Gasteiger partial charge is 0.465 e. The molecule has 0 amide bonds. The molecule has 21 heavy (non-hydrogen) atoms. The molecule has 0 saturated heterocycles. The van der Waals surface area contributed by atoms with Crippen molar-refractivity contribution in [1.82, 2.24) is 10.0 Å². The van der Waals surface area contributed by atoms with Crippen LogP contribution in [0.25, 0.3) is 0 Å². The van der Waals surface area contributed by atoms with Crippen LogP contribution in [0, 0.1) is 6.92 Å². The lowest BCUT2D eigenvalue weighted by molar-refractivity contribution is 0.0600. The Labute approximate surface area is 131 Å². The van der Waals surface area contributed by atoms with E-state index in [0.717, 1.165) is 6.54 Å². The molecule has 0 aliphatic rings.